The maximum absolute atomic E-state index is 14.3. The highest BCUT2D eigenvalue weighted by Crippen LogP contribution is 2.38. The van der Waals surface area contributed by atoms with E-state index in [0.29, 0.717) is 10.6 Å². The quantitative estimate of drug-likeness (QED) is 0.400. The molecular formula is C20H14Cl2F5N3O. The van der Waals surface area contributed by atoms with Crippen molar-refractivity contribution in [2.75, 3.05) is 4.90 Å². The first-order valence-corrected chi connectivity index (χ1v) is 9.56. The molecule has 1 amide bonds. The fourth-order valence-corrected chi connectivity index (χ4v) is 3.66. The molecule has 0 bridgehead atoms. The van der Waals surface area contributed by atoms with Crippen LogP contribution in [0.1, 0.15) is 30.0 Å². The lowest BCUT2D eigenvalue weighted by Gasteiger charge is -2.27. The van der Waals surface area contributed by atoms with Gasteiger partial charge in [-0.25, -0.2) is 13.8 Å². The molecule has 0 fully saturated rings. The van der Waals surface area contributed by atoms with Gasteiger partial charge in [0.2, 0.25) is 0 Å². The van der Waals surface area contributed by atoms with Gasteiger partial charge in [-0.1, -0.05) is 29.3 Å². The number of anilines is 1. The molecule has 1 aromatic heterocycles. The van der Waals surface area contributed by atoms with Crippen LogP contribution in [0, 0.1) is 11.6 Å². The van der Waals surface area contributed by atoms with Crippen LogP contribution < -0.4 is 4.90 Å². The summed E-state index contributed by atoms with van der Waals surface area (Å²) in [4.78, 5) is 17.6. The van der Waals surface area contributed by atoms with Crippen LogP contribution >= 0.6 is 23.2 Å². The Balaban J connectivity index is 2.22. The van der Waals surface area contributed by atoms with Gasteiger partial charge in [-0.15, -0.1) is 0 Å². The topological polar surface area (TPSA) is 38.1 Å². The number of rotatable bonds is 4. The van der Waals surface area contributed by atoms with Crippen molar-refractivity contribution in [3.8, 4) is 5.69 Å². The summed E-state index contributed by atoms with van der Waals surface area (Å²) in [5, 5.41) is -0.195. The Morgan fingerprint density at radius 3 is 2.23 bits per heavy atom. The number of imidazole rings is 1. The van der Waals surface area contributed by atoms with E-state index < -0.39 is 41.1 Å². The Hall–Kier alpha value is -2.65. The van der Waals surface area contributed by atoms with Gasteiger partial charge in [0.1, 0.15) is 18.0 Å². The van der Waals surface area contributed by atoms with Crippen molar-refractivity contribution < 1.29 is 26.7 Å². The summed E-state index contributed by atoms with van der Waals surface area (Å²) in [6, 6.07) is 5.73. The first kappa shape index (κ1) is 23.0. The molecule has 31 heavy (non-hydrogen) atoms. The lowest BCUT2D eigenvalue weighted by Crippen LogP contribution is -2.39. The fourth-order valence-electron chi connectivity index (χ4n) is 3.08. The van der Waals surface area contributed by atoms with E-state index in [4.69, 9.17) is 23.2 Å². The predicted molar refractivity (Wildman–Crippen MR) is 107 cm³/mol. The molecule has 3 aromatic rings. The number of halogens is 7. The standard InChI is InChI=1S/C20H14Cl2F5N3O/c1-10(2)30(15-7-6-11(23)8-14(15)24)19(31)16-18(20(25,26)27)29(9-28-16)17-12(21)4-3-5-13(17)22/h3-10H,1-2H3. The van der Waals surface area contributed by atoms with Crippen molar-refractivity contribution in [1.29, 1.82) is 0 Å². The lowest BCUT2D eigenvalue weighted by atomic mass is 10.1. The minimum absolute atomic E-state index is 0.0975. The molecule has 0 aliphatic rings. The van der Waals surface area contributed by atoms with Gasteiger partial charge in [-0.2, -0.15) is 13.2 Å². The van der Waals surface area contributed by atoms with E-state index in [2.05, 4.69) is 4.98 Å². The Labute approximate surface area is 183 Å². The number of aromatic nitrogens is 2. The molecule has 0 spiro atoms. The summed E-state index contributed by atoms with van der Waals surface area (Å²) in [6.45, 7) is 2.94. The zero-order chi connectivity index (χ0) is 23.1. The normalized spacial score (nSPS) is 11.8. The van der Waals surface area contributed by atoms with Gasteiger partial charge in [0.25, 0.3) is 5.91 Å². The second-order valence-corrected chi connectivity index (χ2v) is 7.56. The van der Waals surface area contributed by atoms with Gasteiger partial charge in [-0.3, -0.25) is 9.36 Å². The molecule has 11 heteroatoms. The van der Waals surface area contributed by atoms with Gasteiger partial charge < -0.3 is 4.90 Å². The average molecular weight is 478 g/mol. The number of alkyl halides is 3. The minimum atomic E-state index is -5.03. The number of carbonyl (C=O) groups excluding carboxylic acids is 1. The molecule has 4 nitrogen and oxygen atoms in total. The maximum Gasteiger partial charge on any atom is 0.434 e. The largest absolute Gasteiger partial charge is 0.434 e. The van der Waals surface area contributed by atoms with E-state index in [0.717, 1.165) is 23.4 Å². The van der Waals surface area contributed by atoms with Gasteiger partial charge in [0.05, 0.1) is 21.4 Å². The van der Waals surface area contributed by atoms with E-state index in [-0.39, 0.29) is 21.4 Å². The third kappa shape index (κ3) is 4.38. The maximum atomic E-state index is 14.3. The van der Waals surface area contributed by atoms with Gasteiger partial charge in [-0.05, 0) is 38.1 Å². The second kappa shape index (κ2) is 8.47. The monoisotopic (exact) mass is 477 g/mol. The molecule has 0 aliphatic carbocycles. The van der Waals surface area contributed by atoms with Crippen molar-refractivity contribution in [2.45, 2.75) is 26.1 Å². The van der Waals surface area contributed by atoms with Crippen molar-refractivity contribution in [1.82, 2.24) is 9.55 Å². The van der Waals surface area contributed by atoms with Crippen LogP contribution in [0.4, 0.5) is 27.6 Å². The van der Waals surface area contributed by atoms with E-state index >= 15 is 0 Å². The Morgan fingerprint density at radius 2 is 1.71 bits per heavy atom. The van der Waals surface area contributed by atoms with E-state index in [1.807, 2.05) is 0 Å². The summed E-state index contributed by atoms with van der Waals surface area (Å²) in [6.07, 6.45) is -4.27. The number of para-hydroxylation sites is 1. The second-order valence-electron chi connectivity index (χ2n) is 6.74. The first-order chi connectivity index (χ1) is 14.4. The molecule has 1 heterocycles. The number of amides is 1. The number of hydrogen-bond acceptors (Lipinski definition) is 2. The Kier molecular flexibility index (Phi) is 6.29. The third-order valence-corrected chi connectivity index (χ3v) is 4.93. The molecule has 0 saturated heterocycles. The molecule has 164 valence electrons. The molecule has 0 aliphatic heterocycles. The number of nitrogens with zero attached hydrogens (tertiary/aromatic N) is 3. The van der Waals surface area contributed by atoms with Gasteiger partial charge in [0.15, 0.2) is 11.4 Å². The third-order valence-electron chi connectivity index (χ3n) is 4.32. The van der Waals surface area contributed by atoms with Crippen molar-refractivity contribution in [2.24, 2.45) is 0 Å². The highest BCUT2D eigenvalue weighted by molar-refractivity contribution is 6.37. The van der Waals surface area contributed by atoms with Gasteiger partial charge in [0, 0.05) is 12.1 Å². The smallest absolute Gasteiger partial charge is 0.302 e. The zero-order valence-electron chi connectivity index (χ0n) is 16.0. The fraction of sp³-hybridized carbons (Fsp3) is 0.200. The highest BCUT2D eigenvalue weighted by Gasteiger charge is 2.43. The highest BCUT2D eigenvalue weighted by atomic mass is 35.5. The number of benzene rings is 2. The molecule has 0 saturated carbocycles. The summed E-state index contributed by atoms with van der Waals surface area (Å²) in [5.41, 5.74) is -3.02. The summed E-state index contributed by atoms with van der Waals surface area (Å²) >= 11 is 12.1. The minimum Gasteiger partial charge on any atom is -0.302 e. The molecule has 0 atom stereocenters. The molecule has 2 aromatic carbocycles. The molecule has 0 radical (unpaired) electrons. The number of hydrogen-bond donors (Lipinski definition) is 0. The molecule has 0 unspecified atom stereocenters. The van der Waals surface area contributed by atoms with Crippen LogP contribution in [-0.2, 0) is 6.18 Å². The Bertz CT molecular complexity index is 1120. The van der Waals surface area contributed by atoms with Crippen molar-refractivity contribution in [3.05, 3.63) is 75.8 Å². The van der Waals surface area contributed by atoms with Gasteiger partial charge >= 0.3 is 6.18 Å². The summed E-state index contributed by atoms with van der Waals surface area (Å²) in [5.74, 6) is -3.23. The summed E-state index contributed by atoms with van der Waals surface area (Å²) in [7, 11) is 0. The molecule has 3 rings (SSSR count). The van der Waals surface area contributed by atoms with Crippen LogP contribution in [-0.4, -0.2) is 21.5 Å². The van der Waals surface area contributed by atoms with Crippen LogP contribution in [0.25, 0.3) is 5.69 Å². The van der Waals surface area contributed by atoms with Crippen LogP contribution in [0.2, 0.25) is 10.0 Å². The first-order valence-electron chi connectivity index (χ1n) is 8.81. The van der Waals surface area contributed by atoms with Crippen molar-refractivity contribution in [3.63, 3.8) is 0 Å². The van der Waals surface area contributed by atoms with Crippen LogP contribution in [0.3, 0.4) is 0 Å². The van der Waals surface area contributed by atoms with Crippen LogP contribution in [0.15, 0.2) is 42.7 Å². The number of carbonyl (C=O) groups is 1. The molecule has 0 N–H and O–H groups in total. The van der Waals surface area contributed by atoms with E-state index in [1.165, 1.54) is 32.0 Å². The van der Waals surface area contributed by atoms with Crippen molar-refractivity contribution >= 4 is 34.8 Å². The van der Waals surface area contributed by atoms with E-state index in [1.54, 1.807) is 0 Å². The Morgan fingerprint density at radius 1 is 1.10 bits per heavy atom. The van der Waals surface area contributed by atoms with E-state index in [9.17, 15) is 26.7 Å². The van der Waals surface area contributed by atoms with Crippen LogP contribution in [0.5, 0.6) is 0 Å². The lowest BCUT2D eigenvalue weighted by molar-refractivity contribution is -0.142. The zero-order valence-corrected chi connectivity index (χ0v) is 17.5. The molecular weight excluding hydrogens is 464 g/mol. The predicted octanol–water partition coefficient (Wildman–Crippen LogP) is 6.53. The summed E-state index contributed by atoms with van der Waals surface area (Å²) < 4.78 is 70.2. The average Bonchev–Trinajstić information content (AvgIpc) is 3.08. The SMILES string of the molecule is CC(C)N(C(=O)c1ncn(-c2c(Cl)cccc2Cl)c1C(F)(F)F)c1ccc(F)cc1F.